The Hall–Kier alpha value is -0.680. The zero-order valence-electron chi connectivity index (χ0n) is 10.6. The number of nitrogens with one attached hydrogen (secondary N) is 1. The van der Waals surface area contributed by atoms with Gasteiger partial charge in [-0.05, 0) is 48.6 Å². The average molecular weight is 316 g/mol. The van der Waals surface area contributed by atoms with Crippen molar-refractivity contribution < 1.29 is 0 Å². The minimum atomic E-state index is 0.136. The lowest BCUT2D eigenvalue weighted by molar-refractivity contribution is 0.517. The van der Waals surface area contributed by atoms with Crippen LogP contribution in [0.25, 0.3) is 0 Å². The van der Waals surface area contributed by atoms with Crippen molar-refractivity contribution in [2.45, 2.75) is 25.8 Å². The zero-order chi connectivity index (χ0) is 13.7. The molecule has 0 aliphatic heterocycles. The van der Waals surface area contributed by atoms with Gasteiger partial charge in [0.2, 0.25) is 0 Å². The topological polar surface area (TPSA) is 37.8 Å². The van der Waals surface area contributed by atoms with Gasteiger partial charge in [0.15, 0.2) is 0 Å². The van der Waals surface area contributed by atoms with Gasteiger partial charge in [-0.2, -0.15) is 0 Å². The normalized spacial score (nSPS) is 12.6. The van der Waals surface area contributed by atoms with Crippen molar-refractivity contribution >= 4 is 34.7 Å². The first-order valence-electron chi connectivity index (χ1n) is 6.15. The number of hydrogen-bond donors (Lipinski definition) is 1. The molecule has 0 saturated heterocycles. The van der Waals surface area contributed by atoms with E-state index in [1.54, 1.807) is 6.07 Å². The van der Waals surface area contributed by atoms with E-state index in [0.717, 1.165) is 30.6 Å². The summed E-state index contributed by atoms with van der Waals surface area (Å²) in [4.78, 5) is 0. The van der Waals surface area contributed by atoms with Crippen molar-refractivity contribution in [1.82, 2.24) is 14.9 Å². The van der Waals surface area contributed by atoms with Crippen LogP contribution in [0.15, 0.2) is 23.6 Å². The van der Waals surface area contributed by atoms with Crippen LogP contribution in [0.1, 0.15) is 30.6 Å². The first kappa shape index (κ1) is 14.7. The number of nitrogens with zero attached hydrogens (tertiary/aromatic N) is 2. The van der Waals surface area contributed by atoms with Crippen LogP contribution in [0, 0.1) is 0 Å². The predicted octanol–water partition coefficient (Wildman–Crippen LogP) is 4.13. The molecule has 0 bridgehead atoms. The second-order valence-electron chi connectivity index (χ2n) is 4.28. The molecule has 3 nitrogen and oxygen atoms in total. The SMILES string of the molecule is CCCNC(Cc1ccc(Cl)cc1Cl)c1csnn1. The van der Waals surface area contributed by atoms with Crippen LogP contribution < -0.4 is 5.32 Å². The summed E-state index contributed by atoms with van der Waals surface area (Å²) >= 11 is 13.5. The molecule has 1 aromatic carbocycles. The van der Waals surface area contributed by atoms with Crippen LogP contribution in [0.2, 0.25) is 10.0 Å². The molecule has 0 aliphatic rings. The van der Waals surface area contributed by atoms with E-state index >= 15 is 0 Å². The van der Waals surface area contributed by atoms with E-state index < -0.39 is 0 Å². The van der Waals surface area contributed by atoms with Crippen molar-refractivity contribution in [2.24, 2.45) is 0 Å². The number of rotatable bonds is 6. The van der Waals surface area contributed by atoms with Crippen LogP contribution in [-0.4, -0.2) is 16.1 Å². The Morgan fingerprint density at radius 3 is 2.84 bits per heavy atom. The highest BCUT2D eigenvalue weighted by Gasteiger charge is 2.16. The van der Waals surface area contributed by atoms with Gasteiger partial charge in [0.05, 0.1) is 11.7 Å². The predicted molar refractivity (Wildman–Crippen MR) is 81.1 cm³/mol. The third-order valence-electron chi connectivity index (χ3n) is 2.81. The minimum Gasteiger partial charge on any atom is -0.308 e. The minimum absolute atomic E-state index is 0.136. The number of halogens is 2. The molecule has 2 aromatic rings. The highest BCUT2D eigenvalue weighted by atomic mass is 35.5. The summed E-state index contributed by atoms with van der Waals surface area (Å²) in [5.41, 5.74) is 2.03. The lowest BCUT2D eigenvalue weighted by Crippen LogP contribution is -2.24. The van der Waals surface area contributed by atoms with E-state index in [-0.39, 0.29) is 6.04 Å². The molecule has 0 aliphatic carbocycles. The first-order valence-corrected chi connectivity index (χ1v) is 7.74. The molecular formula is C13H15Cl2N3S. The average Bonchev–Trinajstić information content (AvgIpc) is 2.90. The van der Waals surface area contributed by atoms with Gasteiger partial charge in [0.25, 0.3) is 0 Å². The summed E-state index contributed by atoms with van der Waals surface area (Å²) in [5.74, 6) is 0. The van der Waals surface area contributed by atoms with Gasteiger partial charge >= 0.3 is 0 Å². The van der Waals surface area contributed by atoms with Gasteiger partial charge in [-0.3, -0.25) is 0 Å². The molecule has 0 radical (unpaired) electrons. The van der Waals surface area contributed by atoms with Crippen molar-refractivity contribution in [2.75, 3.05) is 6.54 Å². The van der Waals surface area contributed by atoms with Gasteiger partial charge in [0.1, 0.15) is 0 Å². The molecule has 102 valence electrons. The molecule has 0 saturated carbocycles. The van der Waals surface area contributed by atoms with Crippen molar-refractivity contribution in [3.05, 3.63) is 44.9 Å². The molecule has 0 fully saturated rings. The second kappa shape index (κ2) is 7.20. The Morgan fingerprint density at radius 2 is 2.21 bits per heavy atom. The molecule has 1 heterocycles. The standard InChI is InChI=1S/C13H15Cl2N3S/c1-2-5-16-12(13-8-19-18-17-13)6-9-3-4-10(14)7-11(9)15/h3-4,7-8,12,16H,2,5-6H2,1H3. The molecule has 1 N–H and O–H groups in total. The van der Waals surface area contributed by atoms with E-state index in [0.29, 0.717) is 10.0 Å². The van der Waals surface area contributed by atoms with Gasteiger partial charge in [-0.15, -0.1) is 5.10 Å². The molecule has 19 heavy (non-hydrogen) atoms. The van der Waals surface area contributed by atoms with E-state index in [2.05, 4.69) is 21.8 Å². The number of aromatic nitrogens is 2. The van der Waals surface area contributed by atoms with Gasteiger partial charge in [-0.1, -0.05) is 40.7 Å². The maximum absolute atomic E-state index is 6.22. The summed E-state index contributed by atoms with van der Waals surface area (Å²) in [6, 6.07) is 5.73. The smallest absolute Gasteiger partial charge is 0.0928 e. The van der Waals surface area contributed by atoms with Crippen LogP contribution in [0.5, 0.6) is 0 Å². The summed E-state index contributed by atoms with van der Waals surface area (Å²) in [6.45, 7) is 3.08. The van der Waals surface area contributed by atoms with Crippen molar-refractivity contribution in [3.8, 4) is 0 Å². The molecule has 1 aromatic heterocycles. The number of benzene rings is 1. The molecule has 0 amide bonds. The van der Waals surface area contributed by atoms with Gasteiger partial charge < -0.3 is 5.32 Å². The zero-order valence-corrected chi connectivity index (χ0v) is 12.9. The Bertz CT molecular complexity index is 517. The maximum atomic E-state index is 6.22. The highest BCUT2D eigenvalue weighted by Crippen LogP contribution is 2.25. The molecule has 0 spiro atoms. The third kappa shape index (κ3) is 4.14. The summed E-state index contributed by atoms with van der Waals surface area (Å²) < 4.78 is 3.93. The Morgan fingerprint density at radius 1 is 1.37 bits per heavy atom. The van der Waals surface area contributed by atoms with Crippen LogP contribution in [0.4, 0.5) is 0 Å². The van der Waals surface area contributed by atoms with Gasteiger partial charge in [-0.25, -0.2) is 0 Å². The fraction of sp³-hybridized carbons (Fsp3) is 0.385. The molecular weight excluding hydrogens is 301 g/mol. The molecule has 2 rings (SSSR count). The Kier molecular flexibility index (Phi) is 5.58. The van der Waals surface area contributed by atoms with E-state index in [1.807, 2.05) is 17.5 Å². The molecule has 1 unspecified atom stereocenters. The summed E-state index contributed by atoms with van der Waals surface area (Å²) in [7, 11) is 0. The maximum Gasteiger partial charge on any atom is 0.0928 e. The summed E-state index contributed by atoms with van der Waals surface area (Å²) in [5, 5.41) is 10.9. The van der Waals surface area contributed by atoms with Crippen LogP contribution in [-0.2, 0) is 6.42 Å². The fourth-order valence-electron chi connectivity index (χ4n) is 1.83. The van der Waals surface area contributed by atoms with Gasteiger partial charge in [0, 0.05) is 15.4 Å². The Balaban J connectivity index is 2.15. The largest absolute Gasteiger partial charge is 0.308 e. The molecule has 1 atom stereocenters. The molecule has 6 heteroatoms. The van der Waals surface area contributed by atoms with E-state index in [4.69, 9.17) is 23.2 Å². The summed E-state index contributed by atoms with van der Waals surface area (Å²) in [6.07, 6.45) is 1.85. The monoisotopic (exact) mass is 315 g/mol. The van der Waals surface area contributed by atoms with Crippen molar-refractivity contribution in [1.29, 1.82) is 0 Å². The third-order valence-corrected chi connectivity index (χ3v) is 3.92. The van der Waals surface area contributed by atoms with E-state index in [1.165, 1.54) is 11.5 Å². The fourth-order valence-corrected chi connectivity index (χ4v) is 2.82. The van der Waals surface area contributed by atoms with E-state index in [9.17, 15) is 0 Å². The lowest BCUT2D eigenvalue weighted by atomic mass is 10.0. The quantitative estimate of drug-likeness (QED) is 0.871. The van der Waals surface area contributed by atoms with Crippen LogP contribution >= 0.6 is 34.7 Å². The second-order valence-corrected chi connectivity index (χ2v) is 5.73. The number of hydrogen-bond acceptors (Lipinski definition) is 4. The van der Waals surface area contributed by atoms with Crippen LogP contribution in [0.3, 0.4) is 0 Å². The van der Waals surface area contributed by atoms with Crippen molar-refractivity contribution in [3.63, 3.8) is 0 Å². The lowest BCUT2D eigenvalue weighted by Gasteiger charge is -2.17. The highest BCUT2D eigenvalue weighted by molar-refractivity contribution is 7.03. The Labute approximate surface area is 127 Å². The first-order chi connectivity index (χ1) is 9.20.